The Hall–Kier alpha value is -1.61. The Labute approximate surface area is 120 Å². The highest BCUT2D eigenvalue weighted by Gasteiger charge is 2.18. The van der Waals surface area contributed by atoms with E-state index in [-0.39, 0.29) is 24.0 Å². The van der Waals surface area contributed by atoms with Gasteiger partial charge in [-0.15, -0.1) is 0 Å². The van der Waals surface area contributed by atoms with Gasteiger partial charge in [0.05, 0.1) is 11.8 Å². The molecule has 114 valence electrons. The van der Waals surface area contributed by atoms with E-state index in [1.165, 1.54) is 6.92 Å². The van der Waals surface area contributed by atoms with Gasteiger partial charge >= 0.3 is 5.97 Å². The SMILES string of the molecule is CC(SC(=O)CNC(=O)CCCN)C(=O)NCC(=O)O. The number of thioether (sulfide) groups is 1. The number of carboxylic acid groups (broad SMARTS) is 1. The van der Waals surface area contributed by atoms with Crippen molar-refractivity contribution in [1.82, 2.24) is 10.6 Å². The van der Waals surface area contributed by atoms with E-state index >= 15 is 0 Å². The van der Waals surface area contributed by atoms with Gasteiger partial charge in [0.25, 0.3) is 0 Å². The summed E-state index contributed by atoms with van der Waals surface area (Å²) in [5, 5.41) is 11.9. The third-order valence-corrected chi connectivity index (χ3v) is 3.10. The molecule has 8 nitrogen and oxygen atoms in total. The van der Waals surface area contributed by atoms with Crippen molar-refractivity contribution in [3.63, 3.8) is 0 Å². The van der Waals surface area contributed by atoms with Crippen LogP contribution in [0.2, 0.25) is 0 Å². The number of aliphatic carboxylic acids is 1. The molecule has 0 aliphatic rings. The molecule has 0 aliphatic carbocycles. The molecule has 0 radical (unpaired) electrons. The lowest BCUT2D eigenvalue weighted by molar-refractivity contribution is -0.137. The van der Waals surface area contributed by atoms with E-state index in [9.17, 15) is 19.2 Å². The van der Waals surface area contributed by atoms with Crippen LogP contribution in [0.15, 0.2) is 0 Å². The van der Waals surface area contributed by atoms with Gasteiger partial charge in [0.2, 0.25) is 16.9 Å². The topological polar surface area (TPSA) is 139 Å². The van der Waals surface area contributed by atoms with Gasteiger partial charge in [0.15, 0.2) is 0 Å². The first-order valence-electron chi connectivity index (χ1n) is 6.02. The molecule has 0 bridgehead atoms. The average Bonchev–Trinajstić information content (AvgIpc) is 2.39. The van der Waals surface area contributed by atoms with Crippen LogP contribution in [0.5, 0.6) is 0 Å². The van der Waals surface area contributed by atoms with Crippen molar-refractivity contribution in [2.45, 2.75) is 25.0 Å². The molecule has 1 unspecified atom stereocenters. The lowest BCUT2D eigenvalue weighted by Crippen LogP contribution is -2.36. The minimum absolute atomic E-state index is 0.176. The van der Waals surface area contributed by atoms with Crippen LogP contribution in [0, 0.1) is 0 Å². The van der Waals surface area contributed by atoms with Crippen LogP contribution in [0.1, 0.15) is 19.8 Å². The molecule has 0 rings (SSSR count). The van der Waals surface area contributed by atoms with Gasteiger partial charge in [0.1, 0.15) is 6.54 Å². The molecule has 0 saturated carbocycles. The number of amides is 2. The third-order valence-electron chi connectivity index (χ3n) is 2.13. The summed E-state index contributed by atoms with van der Waals surface area (Å²) >= 11 is 0.742. The Balaban J connectivity index is 3.92. The summed E-state index contributed by atoms with van der Waals surface area (Å²) in [4.78, 5) is 44.4. The second-order valence-electron chi connectivity index (χ2n) is 3.91. The maximum atomic E-state index is 11.5. The molecular formula is C11H19N3O5S. The third kappa shape index (κ3) is 9.34. The van der Waals surface area contributed by atoms with Crippen LogP contribution in [0.3, 0.4) is 0 Å². The minimum atomic E-state index is -1.16. The molecular weight excluding hydrogens is 286 g/mol. The number of nitrogens with one attached hydrogen (secondary N) is 2. The lowest BCUT2D eigenvalue weighted by atomic mass is 10.3. The standard InChI is InChI=1S/C11H19N3O5S/c1-7(11(19)14-5-9(16)17)20-10(18)6-13-8(15)3-2-4-12/h7H,2-6,12H2,1H3,(H,13,15)(H,14,19)(H,16,17). The summed E-state index contributed by atoms with van der Waals surface area (Å²) < 4.78 is 0. The zero-order valence-corrected chi connectivity index (χ0v) is 12.0. The zero-order valence-electron chi connectivity index (χ0n) is 11.2. The van der Waals surface area contributed by atoms with Crippen LogP contribution in [0.4, 0.5) is 0 Å². The van der Waals surface area contributed by atoms with Crippen molar-refractivity contribution in [2.75, 3.05) is 19.6 Å². The van der Waals surface area contributed by atoms with Crippen LogP contribution in [-0.4, -0.2) is 52.9 Å². The van der Waals surface area contributed by atoms with E-state index in [1.807, 2.05) is 0 Å². The molecule has 5 N–H and O–H groups in total. The van der Waals surface area contributed by atoms with E-state index in [0.29, 0.717) is 13.0 Å². The first-order valence-corrected chi connectivity index (χ1v) is 6.90. The number of rotatable bonds is 9. The number of carbonyl (C=O) groups excluding carboxylic acids is 3. The summed E-state index contributed by atoms with van der Waals surface area (Å²) in [6.45, 7) is 1.21. The van der Waals surface area contributed by atoms with E-state index < -0.39 is 23.7 Å². The summed E-state index contributed by atoms with van der Waals surface area (Å²) in [5.41, 5.74) is 5.24. The summed E-state index contributed by atoms with van der Waals surface area (Å²) in [7, 11) is 0. The molecule has 0 aromatic rings. The molecule has 0 aromatic carbocycles. The Kier molecular flexibility index (Phi) is 9.39. The van der Waals surface area contributed by atoms with Gasteiger partial charge in [-0.3, -0.25) is 19.2 Å². The van der Waals surface area contributed by atoms with E-state index in [2.05, 4.69) is 10.6 Å². The fraction of sp³-hybridized carbons (Fsp3) is 0.636. The smallest absolute Gasteiger partial charge is 0.322 e. The highest BCUT2D eigenvalue weighted by atomic mass is 32.2. The first kappa shape index (κ1) is 18.4. The van der Waals surface area contributed by atoms with Gasteiger partial charge in [-0.1, -0.05) is 11.8 Å². The lowest BCUT2D eigenvalue weighted by Gasteiger charge is -2.10. The maximum Gasteiger partial charge on any atom is 0.322 e. The van der Waals surface area contributed by atoms with E-state index in [0.717, 1.165) is 11.8 Å². The number of carboxylic acids is 1. The molecule has 0 fully saturated rings. The van der Waals surface area contributed by atoms with E-state index in [4.69, 9.17) is 10.8 Å². The monoisotopic (exact) mass is 305 g/mol. The molecule has 0 spiro atoms. The summed E-state index contributed by atoms with van der Waals surface area (Å²) in [6, 6.07) is 0. The predicted octanol–water partition coefficient (Wildman–Crippen LogP) is -1.31. The van der Waals surface area contributed by atoms with Crippen LogP contribution >= 0.6 is 11.8 Å². The van der Waals surface area contributed by atoms with Crippen molar-refractivity contribution in [3.8, 4) is 0 Å². The highest BCUT2D eigenvalue weighted by Crippen LogP contribution is 2.11. The fourth-order valence-electron chi connectivity index (χ4n) is 1.12. The van der Waals surface area contributed by atoms with Crippen molar-refractivity contribution in [3.05, 3.63) is 0 Å². The number of nitrogens with two attached hydrogens (primary N) is 1. The number of hydrogen-bond acceptors (Lipinski definition) is 6. The van der Waals surface area contributed by atoms with Gasteiger partial charge < -0.3 is 21.5 Å². The molecule has 0 aliphatic heterocycles. The molecule has 2 amide bonds. The Bertz CT molecular complexity index is 375. The van der Waals surface area contributed by atoms with Crippen molar-refractivity contribution < 1.29 is 24.3 Å². The second-order valence-corrected chi connectivity index (χ2v) is 5.31. The summed E-state index contributed by atoms with van der Waals surface area (Å²) in [5.74, 6) is -1.97. The van der Waals surface area contributed by atoms with Crippen molar-refractivity contribution in [1.29, 1.82) is 0 Å². The van der Waals surface area contributed by atoms with Crippen molar-refractivity contribution >= 4 is 34.7 Å². The van der Waals surface area contributed by atoms with Crippen LogP contribution in [0.25, 0.3) is 0 Å². The zero-order chi connectivity index (χ0) is 15.5. The summed E-state index contributed by atoms with van der Waals surface area (Å²) in [6.07, 6.45) is 0.796. The van der Waals surface area contributed by atoms with Crippen molar-refractivity contribution in [2.24, 2.45) is 5.73 Å². The predicted molar refractivity (Wildman–Crippen MR) is 74.0 cm³/mol. The fourth-order valence-corrected chi connectivity index (χ4v) is 1.86. The van der Waals surface area contributed by atoms with Crippen LogP contribution in [-0.2, 0) is 19.2 Å². The molecule has 1 atom stereocenters. The minimum Gasteiger partial charge on any atom is -0.480 e. The molecule has 20 heavy (non-hydrogen) atoms. The average molecular weight is 305 g/mol. The van der Waals surface area contributed by atoms with Gasteiger partial charge in [-0.2, -0.15) is 0 Å². The largest absolute Gasteiger partial charge is 0.480 e. The Morgan fingerprint density at radius 2 is 1.85 bits per heavy atom. The Morgan fingerprint density at radius 3 is 2.40 bits per heavy atom. The highest BCUT2D eigenvalue weighted by molar-refractivity contribution is 8.14. The maximum absolute atomic E-state index is 11.5. The number of carbonyl (C=O) groups is 4. The van der Waals surface area contributed by atoms with Crippen LogP contribution < -0.4 is 16.4 Å². The van der Waals surface area contributed by atoms with Gasteiger partial charge in [-0.05, 0) is 19.9 Å². The van der Waals surface area contributed by atoms with Gasteiger partial charge in [0, 0.05) is 6.42 Å². The van der Waals surface area contributed by atoms with Gasteiger partial charge in [-0.25, -0.2) is 0 Å². The number of hydrogen-bond donors (Lipinski definition) is 4. The quantitative estimate of drug-likeness (QED) is 0.415. The molecule has 9 heteroatoms. The van der Waals surface area contributed by atoms with E-state index in [1.54, 1.807) is 0 Å². The first-order chi connectivity index (χ1) is 9.36. The Morgan fingerprint density at radius 1 is 1.20 bits per heavy atom. The second kappa shape index (κ2) is 10.2. The molecule has 0 heterocycles. The molecule has 0 aromatic heterocycles. The normalized spacial score (nSPS) is 11.5. The molecule has 0 saturated heterocycles.